The Bertz CT molecular complexity index is 648. The van der Waals surface area contributed by atoms with Crippen molar-refractivity contribution in [3.63, 3.8) is 0 Å². The predicted octanol–water partition coefficient (Wildman–Crippen LogP) is 3.48. The summed E-state index contributed by atoms with van der Waals surface area (Å²) in [5.74, 6) is -0.0758. The Labute approximate surface area is 120 Å². The maximum absolute atomic E-state index is 10.7. The highest BCUT2D eigenvalue weighted by Gasteiger charge is 2.22. The van der Waals surface area contributed by atoms with Crippen molar-refractivity contribution in [1.29, 1.82) is 0 Å². The third-order valence-electron chi connectivity index (χ3n) is 3.12. The van der Waals surface area contributed by atoms with Crippen molar-refractivity contribution in [2.24, 2.45) is 5.92 Å². The molecule has 0 unspecified atom stereocenters. The lowest BCUT2D eigenvalue weighted by Crippen LogP contribution is -1.99. The SMILES string of the molecule is O=C(O)c1cc(-c2ccc(OCC3CC3)c(Cl)c2)no1. The Hall–Kier alpha value is -2.01. The maximum atomic E-state index is 10.7. The molecule has 0 aliphatic heterocycles. The number of carbonyl (C=O) groups is 1. The number of aromatic carboxylic acids is 1. The first-order chi connectivity index (χ1) is 9.63. The van der Waals surface area contributed by atoms with Crippen LogP contribution in [0.2, 0.25) is 5.02 Å². The molecule has 1 aliphatic carbocycles. The lowest BCUT2D eigenvalue weighted by Gasteiger charge is -2.07. The van der Waals surface area contributed by atoms with E-state index in [1.165, 1.54) is 18.9 Å². The van der Waals surface area contributed by atoms with Crippen molar-refractivity contribution in [1.82, 2.24) is 5.16 Å². The van der Waals surface area contributed by atoms with E-state index in [0.29, 0.717) is 34.6 Å². The van der Waals surface area contributed by atoms with Crippen LogP contribution in [0.1, 0.15) is 23.4 Å². The van der Waals surface area contributed by atoms with Gasteiger partial charge in [-0.15, -0.1) is 0 Å². The maximum Gasteiger partial charge on any atom is 0.374 e. The van der Waals surface area contributed by atoms with Gasteiger partial charge in [0.25, 0.3) is 0 Å². The van der Waals surface area contributed by atoms with Gasteiger partial charge in [0.2, 0.25) is 5.76 Å². The highest BCUT2D eigenvalue weighted by Crippen LogP contribution is 2.33. The van der Waals surface area contributed by atoms with Crippen LogP contribution in [0.5, 0.6) is 5.75 Å². The monoisotopic (exact) mass is 293 g/mol. The van der Waals surface area contributed by atoms with Gasteiger partial charge in [0.15, 0.2) is 0 Å². The van der Waals surface area contributed by atoms with Gasteiger partial charge in [0.05, 0.1) is 11.6 Å². The number of rotatable bonds is 5. The van der Waals surface area contributed by atoms with Gasteiger partial charge in [0, 0.05) is 11.6 Å². The number of hydrogen-bond acceptors (Lipinski definition) is 4. The molecule has 1 aliphatic rings. The van der Waals surface area contributed by atoms with Crippen LogP contribution in [0.4, 0.5) is 0 Å². The van der Waals surface area contributed by atoms with Crippen molar-refractivity contribution in [3.8, 4) is 17.0 Å². The minimum atomic E-state index is -1.15. The molecule has 6 heteroatoms. The second-order valence-corrected chi connectivity index (χ2v) is 5.19. The van der Waals surface area contributed by atoms with Crippen LogP contribution in [0.25, 0.3) is 11.3 Å². The average Bonchev–Trinajstić information content (AvgIpc) is 3.11. The average molecular weight is 294 g/mol. The summed E-state index contributed by atoms with van der Waals surface area (Å²) in [6.07, 6.45) is 2.43. The van der Waals surface area contributed by atoms with Gasteiger partial charge in [-0.3, -0.25) is 0 Å². The molecule has 0 bridgehead atoms. The van der Waals surface area contributed by atoms with Gasteiger partial charge in [-0.25, -0.2) is 4.79 Å². The summed E-state index contributed by atoms with van der Waals surface area (Å²) in [7, 11) is 0. The van der Waals surface area contributed by atoms with Gasteiger partial charge < -0.3 is 14.4 Å². The van der Waals surface area contributed by atoms with E-state index < -0.39 is 5.97 Å². The molecule has 1 saturated carbocycles. The van der Waals surface area contributed by atoms with Crippen molar-refractivity contribution in [3.05, 3.63) is 35.0 Å². The van der Waals surface area contributed by atoms with E-state index in [0.717, 1.165) is 0 Å². The minimum Gasteiger partial charge on any atom is -0.492 e. The highest BCUT2D eigenvalue weighted by atomic mass is 35.5. The molecule has 0 saturated heterocycles. The van der Waals surface area contributed by atoms with Gasteiger partial charge in [0.1, 0.15) is 11.4 Å². The summed E-state index contributed by atoms with van der Waals surface area (Å²) >= 11 is 6.15. The van der Waals surface area contributed by atoms with E-state index in [1.54, 1.807) is 18.2 Å². The third kappa shape index (κ3) is 2.77. The van der Waals surface area contributed by atoms with Crippen molar-refractivity contribution in [2.75, 3.05) is 6.61 Å². The molecule has 0 atom stereocenters. The Morgan fingerprint density at radius 3 is 2.85 bits per heavy atom. The lowest BCUT2D eigenvalue weighted by molar-refractivity contribution is 0.0652. The van der Waals surface area contributed by atoms with Crippen LogP contribution in [0.15, 0.2) is 28.8 Å². The molecule has 1 heterocycles. The molecule has 20 heavy (non-hydrogen) atoms. The quantitative estimate of drug-likeness (QED) is 0.913. The zero-order valence-electron chi connectivity index (χ0n) is 10.5. The molecule has 3 rings (SSSR count). The van der Waals surface area contributed by atoms with Gasteiger partial charge in [-0.2, -0.15) is 0 Å². The van der Waals surface area contributed by atoms with Crippen LogP contribution < -0.4 is 4.74 Å². The largest absolute Gasteiger partial charge is 0.492 e. The van der Waals surface area contributed by atoms with Gasteiger partial charge >= 0.3 is 5.97 Å². The second kappa shape index (κ2) is 5.17. The predicted molar refractivity (Wildman–Crippen MR) is 72.1 cm³/mol. The molecule has 1 aromatic heterocycles. The molecule has 2 aromatic rings. The molecule has 0 spiro atoms. The summed E-state index contributed by atoms with van der Waals surface area (Å²) < 4.78 is 10.3. The molecule has 104 valence electrons. The number of ether oxygens (including phenoxy) is 1. The zero-order valence-corrected chi connectivity index (χ0v) is 11.3. The van der Waals surface area contributed by atoms with Crippen molar-refractivity contribution in [2.45, 2.75) is 12.8 Å². The first-order valence-corrected chi connectivity index (χ1v) is 6.64. The number of carboxylic acids is 1. The summed E-state index contributed by atoms with van der Waals surface area (Å²) in [5.41, 5.74) is 1.11. The molecular weight excluding hydrogens is 282 g/mol. The van der Waals surface area contributed by atoms with E-state index >= 15 is 0 Å². The Balaban J connectivity index is 1.79. The fourth-order valence-electron chi connectivity index (χ4n) is 1.78. The topological polar surface area (TPSA) is 72.6 Å². The molecule has 0 amide bonds. The highest BCUT2D eigenvalue weighted by molar-refractivity contribution is 6.32. The molecule has 1 aromatic carbocycles. The fourth-order valence-corrected chi connectivity index (χ4v) is 2.02. The molecule has 0 radical (unpaired) electrons. The first-order valence-electron chi connectivity index (χ1n) is 6.26. The number of hydrogen-bond donors (Lipinski definition) is 1. The Kier molecular flexibility index (Phi) is 3.36. The minimum absolute atomic E-state index is 0.204. The van der Waals surface area contributed by atoms with Crippen LogP contribution >= 0.6 is 11.6 Å². The standard InChI is InChI=1S/C14H12ClNO4/c15-10-5-9(11-6-13(14(17)18)20-16-11)3-4-12(10)19-7-8-1-2-8/h3-6,8H,1-2,7H2,(H,17,18). The van der Waals surface area contributed by atoms with Gasteiger partial charge in [-0.1, -0.05) is 16.8 Å². The summed E-state index contributed by atoms with van der Waals surface area (Å²) in [4.78, 5) is 10.7. The normalized spacial score (nSPS) is 14.2. The van der Waals surface area contributed by atoms with E-state index in [1.807, 2.05) is 0 Å². The smallest absolute Gasteiger partial charge is 0.374 e. The summed E-state index contributed by atoms with van der Waals surface area (Å²) in [5, 5.41) is 13.0. The van der Waals surface area contributed by atoms with Crippen LogP contribution in [-0.4, -0.2) is 22.8 Å². The number of carboxylic acid groups (broad SMARTS) is 1. The van der Waals surface area contributed by atoms with E-state index in [2.05, 4.69) is 5.16 Å². The van der Waals surface area contributed by atoms with Crippen LogP contribution in [0, 0.1) is 5.92 Å². The summed E-state index contributed by atoms with van der Waals surface area (Å²) in [6.45, 7) is 0.687. The molecule has 5 nitrogen and oxygen atoms in total. The zero-order chi connectivity index (χ0) is 14.1. The second-order valence-electron chi connectivity index (χ2n) is 4.78. The van der Waals surface area contributed by atoms with E-state index in [-0.39, 0.29) is 5.76 Å². The molecular formula is C14H12ClNO4. The van der Waals surface area contributed by atoms with Crippen LogP contribution in [0.3, 0.4) is 0 Å². The van der Waals surface area contributed by atoms with E-state index in [4.69, 9.17) is 26.0 Å². The molecule has 1 fully saturated rings. The number of nitrogens with zero attached hydrogens (tertiary/aromatic N) is 1. The summed E-state index contributed by atoms with van der Waals surface area (Å²) in [6, 6.07) is 6.58. The third-order valence-corrected chi connectivity index (χ3v) is 3.42. The lowest BCUT2D eigenvalue weighted by atomic mass is 10.1. The van der Waals surface area contributed by atoms with Crippen LogP contribution in [-0.2, 0) is 0 Å². The first kappa shape index (κ1) is 13.0. The number of benzene rings is 1. The molecule has 1 N–H and O–H groups in total. The van der Waals surface area contributed by atoms with Gasteiger partial charge in [-0.05, 0) is 37.0 Å². The number of halogens is 1. The van der Waals surface area contributed by atoms with Crippen molar-refractivity contribution >= 4 is 17.6 Å². The van der Waals surface area contributed by atoms with Crippen molar-refractivity contribution < 1.29 is 19.2 Å². The van der Waals surface area contributed by atoms with E-state index in [9.17, 15) is 4.79 Å². The Morgan fingerprint density at radius 1 is 1.45 bits per heavy atom. The number of aromatic nitrogens is 1. The Morgan fingerprint density at radius 2 is 2.25 bits per heavy atom. The fraction of sp³-hybridized carbons (Fsp3) is 0.286.